The van der Waals surface area contributed by atoms with Crippen LogP contribution < -0.4 is 4.74 Å². The highest BCUT2D eigenvalue weighted by molar-refractivity contribution is 6.00. The summed E-state index contributed by atoms with van der Waals surface area (Å²) in [4.78, 5) is 27.5. The summed E-state index contributed by atoms with van der Waals surface area (Å²) in [5, 5.41) is 8.09. The number of ether oxygens (including phenoxy) is 1. The average molecular weight is 420 g/mol. The summed E-state index contributed by atoms with van der Waals surface area (Å²) >= 11 is 0. The smallest absolute Gasteiger partial charge is 0.276 e. The molecule has 8 nitrogen and oxygen atoms in total. The van der Waals surface area contributed by atoms with Crippen LogP contribution in [-0.2, 0) is 7.05 Å². The van der Waals surface area contributed by atoms with E-state index in [9.17, 15) is 9.59 Å². The van der Waals surface area contributed by atoms with Gasteiger partial charge in [0, 0.05) is 44.7 Å². The molecule has 0 N–H and O–H groups in total. The molecule has 0 radical (unpaired) electrons. The van der Waals surface area contributed by atoms with Crippen LogP contribution in [0.15, 0.2) is 41.2 Å². The summed E-state index contributed by atoms with van der Waals surface area (Å²) in [5.41, 5.74) is 2.75. The van der Waals surface area contributed by atoms with Gasteiger partial charge in [0.25, 0.3) is 5.91 Å². The molecule has 0 unspecified atom stereocenters. The first-order valence-corrected chi connectivity index (χ1v) is 10.5. The molecule has 0 saturated carbocycles. The molecule has 2 aliphatic rings. The number of amides is 1. The van der Waals surface area contributed by atoms with Crippen molar-refractivity contribution in [1.29, 1.82) is 0 Å². The molecule has 31 heavy (non-hydrogen) atoms. The van der Waals surface area contributed by atoms with Crippen LogP contribution in [-0.4, -0.2) is 50.7 Å². The summed E-state index contributed by atoms with van der Waals surface area (Å²) in [6.07, 6.45) is 5.38. The maximum atomic E-state index is 13.1. The fraction of sp³-hybridized carbons (Fsp3) is 0.391. The second kappa shape index (κ2) is 7.68. The van der Waals surface area contributed by atoms with Crippen LogP contribution in [0.3, 0.4) is 0 Å². The Morgan fingerprint density at radius 3 is 2.94 bits per heavy atom. The fourth-order valence-corrected chi connectivity index (χ4v) is 4.45. The van der Waals surface area contributed by atoms with E-state index in [0.29, 0.717) is 36.6 Å². The number of rotatable bonds is 3. The van der Waals surface area contributed by atoms with Crippen LogP contribution in [0.25, 0.3) is 11.3 Å². The second-order valence-corrected chi connectivity index (χ2v) is 8.42. The lowest BCUT2D eigenvalue weighted by atomic mass is 9.86. The molecule has 5 rings (SSSR count). The Balaban J connectivity index is 1.29. The van der Waals surface area contributed by atoms with Gasteiger partial charge >= 0.3 is 0 Å². The molecule has 1 saturated heterocycles. The van der Waals surface area contributed by atoms with Gasteiger partial charge in [-0.05, 0) is 31.9 Å². The van der Waals surface area contributed by atoms with Crippen LogP contribution >= 0.6 is 0 Å². The minimum absolute atomic E-state index is 0.0980. The number of benzene rings is 1. The lowest BCUT2D eigenvalue weighted by molar-refractivity contribution is 0.0403. The lowest BCUT2D eigenvalue weighted by Crippen LogP contribution is -2.46. The molecule has 3 aromatic rings. The number of piperidine rings is 1. The Morgan fingerprint density at radius 2 is 2.13 bits per heavy atom. The first-order chi connectivity index (χ1) is 15.0. The summed E-state index contributed by atoms with van der Waals surface area (Å²) in [6.45, 7) is 3.15. The van der Waals surface area contributed by atoms with Crippen molar-refractivity contribution in [2.45, 2.75) is 32.3 Å². The highest BCUT2D eigenvalue weighted by atomic mass is 16.5. The van der Waals surface area contributed by atoms with Crippen molar-refractivity contribution in [3.05, 3.63) is 53.5 Å². The largest absolute Gasteiger partial charge is 0.489 e. The van der Waals surface area contributed by atoms with E-state index in [1.54, 1.807) is 21.8 Å². The molecular formula is C23H24N4O4. The van der Waals surface area contributed by atoms with Crippen molar-refractivity contribution < 1.29 is 18.8 Å². The molecule has 8 heteroatoms. The zero-order chi connectivity index (χ0) is 21.5. The van der Waals surface area contributed by atoms with Crippen molar-refractivity contribution in [3.8, 4) is 17.1 Å². The number of ketones is 1. The van der Waals surface area contributed by atoms with E-state index < -0.39 is 0 Å². The van der Waals surface area contributed by atoms with Crippen LogP contribution in [0.1, 0.15) is 45.7 Å². The van der Waals surface area contributed by atoms with Crippen molar-refractivity contribution >= 4 is 11.7 Å². The van der Waals surface area contributed by atoms with E-state index in [4.69, 9.17) is 9.26 Å². The van der Waals surface area contributed by atoms with Gasteiger partial charge < -0.3 is 14.2 Å². The molecule has 2 aromatic heterocycles. The number of carbonyl (C=O) groups excluding carboxylic acids is 2. The van der Waals surface area contributed by atoms with Crippen LogP contribution in [0, 0.1) is 12.8 Å². The summed E-state index contributed by atoms with van der Waals surface area (Å²) in [6, 6.07) is 7.36. The van der Waals surface area contributed by atoms with Crippen LogP contribution in [0.2, 0.25) is 0 Å². The number of Topliss-reactive ketones (excluding diaryl/α,β-unsaturated/α-hetero) is 1. The first kappa shape index (κ1) is 19.5. The number of aryl methyl sites for hydroxylation is 2. The SMILES string of the molecule is Cc1ccc2c(c1)C(=O)C[C@@H]([C@@H]1CCCN(C(=O)c3cc(-c4cnn(C)c4)on3)C1)O2. The zero-order valence-corrected chi connectivity index (χ0v) is 17.6. The molecule has 0 bridgehead atoms. The standard InChI is InChI=1S/C23H24N4O4/c1-14-5-6-20-17(8-14)19(28)10-21(30-20)15-4-3-7-27(13-15)23(29)18-9-22(31-25-18)16-11-24-26(2)12-16/h5-6,8-9,11-12,15,21H,3-4,7,10,13H2,1-2H3/t15-,21+/m1/s1. The maximum Gasteiger partial charge on any atom is 0.276 e. The molecule has 0 spiro atoms. The first-order valence-electron chi connectivity index (χ1n) is 10.5. The summed E-state index contributed by atoms with van der Waals surface area (Å²) in [5.74, 6) is 1.20. The Morgan fingerprint density at radius 1 is 1.26 bits per heavy atom. The van der Waals surface area contributed by atoms with Crippen molar-refractivity contribution in [1.82, 2.24) is 19.8 Å². The number of hydrogen-bond donors (Lipinski definition) is 0. The van der Waals surface area contributed by atoms with Gasteiger partial charge in [0.15, 0.2) is 17.2 Å². The van der Waals surface area contributed by atoms with Gasteiger partial charge in [0.05, 0.1) is 17.3 Å². The summed E-state index contributed by atoms with van der Waals surface area (Å²) in [7, 11) is 1.82. The van der Waals surface area contributed by atoms with Crippen molar-refractivity contribution in [3.63, 3.8) is 0 Å². The van der Waals surface area contributed by atoms with Crippen LogP contribution in [0.4, 0.5) is 0 Å². The van der Waals surface area contributed by atoms with Gasteiger partial charge in [-0.1, -0.05) is 16.8 Å². The number of hydrogen-bond acceptors (Lipinski definition) is 6. The molecule has 1 fully saturated rings. The molecule has 2 atom stereocenters. The third-order valence-electron chi connectivity index (χ3n) is 6.09. The Hall–Kier alpha value is -3.42. The monoisotopic (exact) mass is 420 g/mol. The molecular weight excluding hydrogens is 396 g/mol. The van der Waals surface area contributed by atoms with E-state index in [2.05, 4.69) is 10.3 Å². The van der Waals surface area contributed by atoms with Crippen LogP contribution in [0.5, 0.6) is 5.75 Å². The lowest BCUT2D eigenvalue weighted by Gasteiger charge is -2.38. The van der Waals surface area contributed by atoms with Gasteiger partial charge in [-0.3, -0.25) is 14.3 Å². The van der Waals surface area contributed by atoms with Gasteiger partial charge in [-0.15, -0.1) is 0 Å². The third kappa shape index (κ3) is 3.73. The van der Waals surface area contributed by atoms with E-state index >= 15 is 0 Å². The highest BCUT2D eigenvalue weighted by Gasteiger charge is 2.36. The molecule has 1 amide bonds. The normalized spacial score (nSPS) is 21.0. The number of fused-ring (bicyclic) bond motifs is 1. The van der Waals surface area contributed by atoms with Crippen molar-refractivity contribution in [2.24, 2.45) is 13.0 Å². The van der Waals surface area contributed by atoms with Gasteiger partial charge in [-0.25, -0.2) is 0 Å². The fourth-order valence-electron chi connectivity index (χ4n) is 4.45. The zero-order valence-electron chi connectivity index (χ0n) is 17.6. The van der Waals surface area contributed by atoms with Gasteiger partial charge in [0.1, 0.15) is 11.9 Å². The molecule has 1 aromatic carbocycles. The van der Waals surface area contributed by atoms with Gasteiger partial charge in [-0.2, -0.15) is 5.10 Å². The van der Waals surface area contributed by atoms with E-state index in [1.807, 2.05) is 38.4 Å². The topological polar surface area (TPSA) is 90.5 Å². The molecule has 2 aliphatic heterocycles. The number of aromatic nitrogens is 3. The molecule has 4 heterocycles. The average Bonchev–Trinajstić information content (AvgIpc) is 3.43. The van der Waals surface area contributed by atoms with E-state index in [1.165, 1.54) is 0 Å². The third-order valence-corrected chi connectivity index (χ3v) is 6.09. The predicted octanol–water partition coefficient (Wildman–Crippen LogP) is 3.27. The van der Waals surface area contributed by atoms with E-state index in [0.717, 1.165) is 24.0 Å². The second-order valence-electron chi connectivity index (χ2n) is 8.42. The van der Waals surface area contributed by atoms with Gasteiger partial charge in [0.2, 0.25) is 0 Å². The summed E-state index contributed by atoms with van der Waals surface area (Å²) < 4.78 is 13.2. The number of likely N-dealkylation sites (tertiary alicyclic amines) is 1. The minimum atomic E-state index is -0.221. The Kier molecular flexibility index (Phi) is 4.84. The highest BCUT2D eigenvalue weighted by Crippen LogP contribution is 2.34. The maximum absolute atomic E-state index is 13.1. The Labute approximate surface area is 179 Å². The van der Waals surface area contributed by atoms with E-state index in [-0.39, 0.29) is 29.4 Å². The quantitative estimate of drug-likeness (QED) is 0.646. The molecule has 0 aliphatic carbocycles. The number of carbonyl (C=O) groups is 2. The number of nitrogens with zero attached hydrogens (tertiary/aromatic N) is 4. The Bertz CT molecular complexity index is 1150. The molecule has 160 valence electrons. The van der Waals surface area contributed by atoms with Crippen molar-refractivity contribution in [2.75, 3.05) is 13.1 Å². The predicted molar refractivity (Wildman–Crippen MR) is 112 cm³/mol. The minimum Gasteiger partial charge on any atom is -0.489 e.